The number of hydrogen-bond acceptors (Lipinski definition) is 3. The van der Waals surface area contributed by atoms with Crippen LogP contribution in [0.1, 0.15) is 31.4 Å². The van der Waals surface area contributed by atoms with E-state index < -0.39 is 11.9 Å². The fourth-order valence-corrected chi connectivity index (χ4v) is 2.61. The molecule has 120 valence electrons. The number of rotatable bonds is 3. The minimum absolute atomic E-state index is 0.192. The van der Waals surface area contributed by atoms with E-state index in [9.17, 15) is 14.8 Å². The van der Waals surface area contributed by atoms with Gasteiger partial charge in [-0.2, -0.15) is 0 Å². The molecule has 7 heteroatoms. The summed E-state index contributed by atoms with van der Waals surface area (Å²) in [6, 6.07) is 6.06. The van der Waals surface area contributed by atoms with Crippen LogP contribution in [0.25, 0.3) is 0 Å². The Morgan fingerprint density at radius 2 is 2.27 bits per heavy atom. The molecule has 2 atom stereocenters. The third-order valence-corrected chi connectivity index (χ3v) is 4.18. The van der Waals surface area contributed by atoms with Crippen molar-refractivity contribution < 1.29 is 14.8 Å². The highest BCUT2D eigenvalue weighted by atomic mass is 35.5. The summed E-state index contributed by atoms with van der Waals surface area (Å²) in [5.74, 6) is -0.469. The van der Waals surface area contributed by atoms with Crippen molar-refractivity contribution >= 4 is 23.5 Å². The van der Waals surface area contributed by atoms with E-state index in [-0.39, 0.29) is 12.1 Å². The van der Waals surface area contributed by atoms with Gasteiger partial charge in [0.2, 0.25) is 0 Å². The van der Waals surface area contributed by atoms with Gasteiger partial charge < -0.3 is 10.2 Å². The zero-order valence-corrected chi connectivity index (χ0v) is 13.4. The first-order chi connectivity index (χ1) is 10.4. The number of carbonyl (C=O) groups excluding carboxylic acids is 2. The maximum Gasteiger partial charge on any atom is 0.318 e. The maximum atomic E-state index is 12.3. The number of hydrogen-bond donors (Lipinski definition) is 2. The van der Waals surface area contributed by atoms with Gasteiger partial charge in [0.25, 0.3) is 5.91 Å². The monoisotopic (exact) mass is 325 g/mol. The highest BCUT2D eigenvalue weighted by Gasteiger charge is 2.30. The predicted octanol–water partition coefficient (Wildman–Crippen LogP) is 2.42. The zero-order chi connectivity index (χ0) is 16.3. The molecule has 2 N–H and O–H groups in total. The summed E-state index contributed by atoms with van der Waals surface area (Å²) in [5.41, 5.74) is 0.906. The SMILES string of the molecule is CC(c1cccc(Cl)c1)N(C)C(=O)NC1CCCN(O)C1=O. The van der Waals surface area contributed by atoms with Gasteiger partial charge in [0.1, 0.15) is 6.04 Å². The van der Waals surface area contributed by atoms with Crippen LogP contribution < -0.4 is 5.32 Å². The summed E-state index contributed by atoms with van der Waals surface area (Å²) in [5, 5.41) is 13.4. The number of hydroxylamine groups is 2. The van der Waals surface area contributed by atoms with Gasteiger partial charge in [0.15, 0.2) is 0 Å². The summed E-state index contributed by atoms with van der Waals surface area (Å²) in [4.78, 5) is 25.6. The molecule has 0 aromatic heterocycles. The molecule has 1 aromatic carbocycles. The smallest absolute Gasteiger partial charge is 0.318 e. The van der Waals surface area contributed by atoms with Crippen molar-refractivity contribution in [3.05, 3.63) is 34.9 Å². The lowest BCUT2D eigenvalue weighted by molar-refractivity contribution is -0.172. The second-order valence-corrected chi connectivity index (χ2v) is 5.88. The molecule has 0 radical (unpaired) electrons. The predicted molar refractivity (Wildman–Crippen MR) is 82.7 cm³/mol. The summed E-state index contributed by atoms with van der Waals surface area (Å²) in [7, 11) is 1.66. The van der Waals surface area contributed by atoms with Gasteiger partial charge in [0.05, 0.1) is 6.04 Å². The van der Waals surface area contributed by atoms with Crippen molar-refractivity contribution in [3.63, 3.8) is 0 Å². The van der Waals surface area contributed by atoms with Crippen LogP contribution >= 0.6 is 11.6 Å². The summed E-state index contributed by atoms with van der Waals surface area (Å²) in [6.07, 6.45) is 1.18. The summed E-state index contributed by atoms with van der Waals surface area (Å²) < 4.78 is 0. The molecule has 2 rings (SSSR count). The first-order valence-corrected chi connectivity index (χ1v) is 7.57. The maximum absolute atomic E-state index is 12.3. The Bertz CT molecular complexity index is 567. The Kier molecular flexibility index (Phi) is 5.26. The van der Waals surface area contributed by atoms with Gasteiger partial charge in [-0.3, -0.25) is 10.0 Å². The standard InChI is InChI=1S/C15H20ClN3O3/c1-10(11-5-3-6-12(16)9-11)18(2)15(21)17-13-7-4-8-19(22)14(13)20/h3,5-6,9-10,13,22H,4,7-8H2,1-2H3,(H,17,21). The third-order valence-electron chi connectivity index (χ3n) is 3.95. The number of amides is 3. The first kappa shape index (κ1) is 16.6. The molecule has 0 bridgehead atoms. The molecular weight excluding hydrogens is 306 g/mol. The van der Waals surface area contributed by atoms with Crippen LogP contribution in [0.5, 0.6) is 0 Å². The van der Waals surface area contributed by atoms with Crippen molar-refractivity contribution in [2.75, 3.05) is 13.6 Å². The number of piperidine rings is 1. The number of carbonyl (C=O) groups is 2. The van der Waals surface area contributed by atoms with Crippen LogP contribution in [-0.2, 0) is 4.79 Å². The molecule has 0 spiro atoms. The lowest BCUT2D eigenvalue weighted by atomic mass is 10.1. The van der Waals surface area contributed by atoms with E-state index in [1.54, 1.807) is 19.2 Å². The second kappa shape index (κ2) is 6.98. The van der Waals surface area contributed by atoms with Crippen molar-refractivity contribution in [1.29, 1.82) is 0 Å². The number of nitrogens with zero attached hydrogens (tertiary/aromatic N) is 2. The van der Waals surface area contributed by atoms with Gasteiger partial charge in [-0.05, 0) is 37.5 Å². The fourth-order valence-electron chi connectivity index (χ4n) is 2.41. The number of benzene rings is 1. The van der Waals surface area contributed by atoms with Crippen LogP contribution in [-0.4, -0.2) is 46.7 Å². The van der Waals surface area contributed by atoms with Crippen molar-refractivity contribution in [2.24, 2.45) is 0 Å². The molecule has 2 unspecified atom stereocenters. The number of urea groups is 1. The molecule has 1 aliphatic rings. The van der Waals surface area contributed by atoms with E-state index >= 15 is 0 Å². The van der Waals surface area contributed by atoms with Crippen molar-refractivity contribution in [1.82, 2.24) is 15.3 Å². The van der Waals surface area contributed by atoms with Gasteiger partial charge in [-0.15, -0.1) is 0 Å². The van der Waals surface area contributed by atoms with E-state index in [0.29, 0.717) is 29.5 Å². The molecule has 1 fully saturated rings. The Balaban J connectivity index is 2.01. The Morgan fingerprint density at radius 3 is 2.95 bits per heavy atom. The Hall–Kier alpha value is -1.79. The molecule has 0 aliphatic carbocycles. The van der Waals surface area contributed by atoms with Gasteiger partial charge in [-0.25, -0.2) is 9.86 Å². The number of nitrogens with one attached hydrogen (secondary N) is 1. The highest BCUT2D eigenvalue weighted by molar-refractivity contribution is 6.30. The van der Waals surface area contributed by atoms with Crippen molar-refractivity contribution in [2.45, 2.75) is 31.8 Å². The van der Waals surface area contributed by atoms with Crippen LogP contribution in [0, 0.1) is 0 Å². The van der Waals surface area contributed by atoms with Gasteiger partial charge >= 0.3 is 6.03 Å². The largest absolute Gasteiger partial charge is 0.326 e. The molecule has 1 aromatic rings. The van der Waals surface area contributed by atoms with E-state index in [0.717, 1.165) is 5.56 Å². The third kappa shape index (κ3) is 3.69. The average molecular weight is 326 g/mol. The lowest BCUT2D eigenvalue weighted by Gasteiger charge is -2.31. The Morgan fingerprint density at radius 1 is 1.55 bits per heavy atom. The molecule has 1 heterocycles. The van der Waals surface area contributed by atoms with Crippen molar-refractivity contribution in [3.8, 4) is 0 Å². The first-order valence-electron chi connectivity index (χ1n) is 7.19. The molecule has 1 aliphatic heterocycles. The normalized spacial score (nSPS) is 19.7. The van der Waals surface area contributed by atoms with E-state index in [4.69, 9.17) is 11.6 Å². The molecule has 3 amide bonds. The quantitative estimate of drug-likeness (QED) is 0.838. The topological polar surface area (TPSA) is 72.9 Å². The average Bonchev–Trinajstić information content (AvgIpc) is 2.50. The highest BCUT2D eigenvalue weighted by Crippen LogP contribution is 2.22. The summed E-state index contributed by atoms with van der Waals surface area (Å²) >= 11 is 5.97. The summed E-state index contributed by atoms with van der Waals surface area (Å²) in [6.45, 7) is 2.19. The van der Waals surface area contributed by atoms with Gasteiger partial charge in [-0.1, -0.05) is 23.7 Å². The van der Waals surface area contributed by atoms with Crippen LogP contribution in [0.4, 0.5) is 4.79 Å². The molecular formula is C15H20ClN3O3. The lowest BCUT2D eigenvalue weighted by Crippen LogP contribution is -2.53. The molecule has 22 heavy (non-hydrogen) atoms. The van der Waals surface area contributed by atoms with E-state index in [2.05, 4.69) is 5.32 Å². The molecule has 6 nitrogen and oxygen atoms in total. The van der Waals surface area contributed by atoms with Crippen LogP contribution in [0.15, 0.2) is 24.3 Å². The minimum Gasteiger partial charge on any atom is -0.326 e. The second-order valence-electron chi connectivity index (χ2n) is 5.45. The van der Waals surface area contributed by atoms with E-state index in [1.165, 1.54) is 4.90 Å². The molecule has 0 saturated carbocycles. The van der Waals surface area contributed by atoms with Crippen LogP contribution in [0.2, 0.25) is 5.02 Å². The van der Waals surface area contributed by atoms with E-state index in [1.807, 2.05) is 19.1 Å². The zero-order valence-electron chi connectivity index (χ0n) is 12.6. The molecule has 1 saturated heterocycles. The van der Waals surface area contributed by atoms with Gasteiger partial charge in [0, 0.05) is 18.6 Å². The van der Waals surface area contributed by atoms with Crippen LogP contribution in [0.3, 0.4) is 0 Å². The Labute approximate surface area is 134 Å². The fraction of sp³-hybridized carbons (Fsp3) is 0.467. The number of halogens is 1. The minimum atomic E-state index is -0.680.